The SMILES string of the molecule is CC(C)CN(CCCO)C(=O)Nc1ccc(-c2cn[nH]c2)cc1OC1(C(N)=O)CC1. The van der Waals surface area contributed by atoms with Gasteiger partial charge in [-0.25, -0.2) is 4.79 Å². The van der Waals surface area contributed by atoms with Crippen LogP contribution < -0.4 is 15.8 Å². The van der Waals surface area contributed by atoms with Gasteiger partial charge in [-0.3, -0.25) is 9.89 Å². The van der Waals surface area contributed by atoms with Crippen molar-refractivity contribution in [3.63, 3.8) is 0 Å². The van der Waals surface area contributed by atoms with E-state index in [0.29, 0.717) is 43.8 Å². The first-order valence-corrected chi connectivity index (χ1v) is 10.1. The van der Waals surface area contributed by atoms with Gasteiger partial charge in [-0.2, -0.15) is 5.10 Å². The molecule has 1 fully saturated rings. The van der Waals surface area contributed by atoms with Gasteiger partial charge in [0, 0.05) is 44.3 Å². The maximum Gasteiger partial charge on any atom is 0.321 e. The monoisotopic (exact) mass is 415 g/mol. The molecule has 0 aliphatic heterocycles. The summed E-state index contributed by atoms with van der Waals surface area (Å²) in [6, 6.07) is 5.07. The van der Waals surface area contributed by atoms with Gasteiger partial charge in [0.25, 0.3) is 5.91 Å². The number of benzene rings is 1. The normalized spacial score (nSPS) is 14.4. The summed E-state index contributed by atoms with van der Waals surface area (Å²) in [5.41, 5.74) is 6.64. The summed E-state index contributed by atoms with van der Waals surface area (Å²) >= 11 is 0. The average Bonchev–Trinajstić information content (AvgIpc) is 3.28. The number of aliphatic hydroxyl groups excluding tert-OH is 1. The fraction of sp³-hybridized carbons (Fsp3) is 0.476. The number of carbonyl (C=O) groups excluding carboxylic acids is 2. The number of hydrogen-bond acceptors (Lipinski definition) is 5. The Morgan fingerprint density at radius 3 is 2.70 bits per heavy atom. The third kappa shape index (κ3) is 5.10. The number of urea groups is 1. The lowest BCUT2D eigenvalue weighted by atomic mass is 10.1. The molecule has 1 aliphatic rings. The number of aliphatic hydroxyl groups is 1. The number of nitrogens with two attached hydrogens (primary N) is 1. The Morgan fingerprint density at radius 2 is 2.13 bits per heavy atom. The van der Waals surface area contributed by atoms with E-state index in [1.54, 1.807) is 29.4 Å². The Bertz CT molecular complexity index is 878. The number of nitrogens with zero attached hydrogens (tertiary/aromatic N) is 2. The van der Waals surface area contributed by atoms with E-state index in [-0.39, 0.29) is 18.6 Å². The summed E-state index contributed by atoms with van der Waals surface area (Å²) in [5, 5.41) is 18.8. The van der Waals surface area contributed by atoms with Gasteiger partial charge >= 0.3 is 6.03 Å². The summed E-state index contributed by atoms with van der Waals surface area (Å²) in [4.78, 5) is 26.4. The second-order valence-corrected chi connectivity index (χ2v) is 8.01. The van der Waals surface area contributed by atoms with Gasteiger partial charge in [-0.1, -0.05) is 19.9 Å². The van der Waals surface area contributed by atoms with Crippen LogP contribution in [-0.2, 0) is 4.79 Å². The highest BCUT2D eigenvalue weighted by Crippen LogP contribution is 2.43. The number of anilines is 1. The van der Waals surface area contributed by atoms with Crippen LogP contribution in [0.5, 0.6) is 5.75 Å². The van der Waals surface area contributed by atoms with Gasteiger partial charge in [-0.15, -0.1) is 0 Å². The standard InChI is InChI=1S/C21H29N5O4/c1-14(2)13-26(8-3-9-27)20(29)25-17-5-4-15(16-11-23-24-12-16)10-18(17)30-21(6-7-21)19(22)28/h4-5,10-12,14,27H,3,6-9,13H2,1-2H3,(H2,22,28)(H,23,24)(H,25,29). The van der Waals surface area contributed by atoms with Crippen molar-refractivity contribution in [1.29, 1.82) is 0 Å². The van der Waals surface area contributed by atoms with Gasteiger partial charge in [0.2, 0.25) is 0 Å². The number of rotatable bonds is 10. The number of amides is 3. The van der Waals surface area contributed by atoms with Gasteiger partial charge < -0.3 is 25.8 Å². The third-order valence-corrected chi connectivity index (χ3v) is 4.97. The molecular weight excluding hydrogens is 386 g/mol. The Morgan fingerprint density at radius 1 is 1.37 bits per heavy atom. The molecule has 3 rings (SSSR count). The number of primary amides is 1. The first-order valence-electron chi connectivity index (χ1n) is 10.1. The van der Waals surface area contributed by atoms with Crippen LogP contribution in [0.1, 0.15) is 33.1 Å². The minimum atomic E-state index is -1.02. The number of carbonyl (C=O) groups is 2. The second-order valence-electron chi connectivity index (χ2n) is 8.01. The largest absolute Gasteiger partial charge is 0.475 e. The smallest absolute Gasteiger partial charge is 0.321 e. The number of hydrogen-bond donors (Lipinski definition) is 4. The molecule has 1 aromatic carbocycles. The van der Waals surface area contributed by atoms with Crippen molar-refractivity contribution in [2.45, 2.75) is 38.7 Å². The topological polar surface area (TPSA) is 134 Å². The molecule has 0 saturated heterocycles. The highest BCUT2D eigenvalue weighted by Gasteiger charge is 2.52. The minimum absolute atomic E-state index is 0.0107. The molecule has 5 N–H and O–H groups in total. The molecule has 162 valence electrons. The summed E-state index contributed by atoms with van der Waals surface area (Å²) in [6.07, 6.45) is 5.01. The molecular formula is C21H29N5O4. The van der Waals surface area contributed by atoms with Crippen molar-refractivity contribution in [1.82, 2.24) is 15.1 Å². The number of aromatic amines is 1. The zero-order chi connectivity index (χ0) is 21.7. The first-order chi connectivity index (χ1) is 14.3. The molecule has 0 atom stereocenters. The highest BCUT2D eigenvalue weighted by atomic mass is 16.5. The molecule has 0 bridgehead atoms. The van der Waals surface area contributed by atoms with Gasteiger partial charge in [0.1, 0.15) is 5.75 Å². The molecule has 9 heteroatoms. The number of ether oxygens (including phenoxy) is 1. The second kappa shape index (κ2) is 9.17. The lowest BCUT2D eigenvalue weighted by Gasteiger charge is -2.26. The van der Waals surface area contributed by atoms with E-state index < -0.39 is 11.5 Å². The van der Waals surface area contributed by atoms with Crippen LogP contribution in [0.3, 0.4) is 0 Å². The Hall–Kier alpha value is -3.07. The van der Waals surface area contributed by atoms with Crippen LogP contribution in [0.2, 0.25) is 0 Å². The van der Waals surface area contributed by atoms with Crippen LogP contribution in [0.15, 0.2) is 30.6 Å². The van der Waals surface area contributed by atoms with Crippen molar-refractivity contribution in [3.8, 4) is 16.9 Å². The maximum atomic E-state index is 12.9. The zero-order valence-corrected chi connectivity index (χ0v) is 17.4. The number of nitrogens with one attached hydrogen (secondary N) is 2. The molecule has 0 radical (unpaired) electrons. The Kier molecular flexibility index (Phi) is 6.61. The van der Waals surface area contributed by atoms with Crippen molar-refractivity contribution in [2.24, 2.45) is 11.7 Å². The van der Waals surface area contributed by atoms with Gasteiger partial charge in [0.15, 0.2) is 5.60 Å². The molecule has 1 aliphatic carbocycles. The van der Waals surface area contributed by atoms with Gasteiger partial charge in [0.05, 0.1) is 11.9 Å². The van der Waals surface area contributed by atoms with Crippen LogP contribution in [0.4, 0.5) is 10.5 Å². The molecule has 30 heavy (non-hydrogen) atoms. The maximum absolute atomic E-state index is 12.9. The van der Waals surface area contributed by atoms with Crippen molar-refractivity contribution < 1.29 is 19.4 Å². The average molecular weight is 415 g/mol. The summed E-state index contributed by atoms with van der Waals surface area (Å²) in [6.45, 7) is 5.06. The number of aromatic nitrogens is 2. The van der Waals surface area contributed by atoms with Crippen molar-refractivity contribution in [2.75, 3.05) is 25.0 Å². The quantitative estimate of drug-likeness (QED) is 0.473. The van der Waals surface area contributed by atoms with Crippen LogP contribution >= 0.6 is 0 Å². The van der Waals surface area contributed by atoms with Crippen LogP contribution in [0.25, 0.3) is 11.1 Å². The van der Waals surface area contributed by atoms with E-state index in [0.717, 1.165) is 11.1 Å². The van der Waals surface area contributed by atoms with E-state index in [9.17, 15) is 9.59 Å². The minimum Gasteiger partial charge on any atom is -0.475 e. The van der Waals surface area contributed by atoms with Crippen LogP contribution in [-0.4, -0.2) is 57.4 Å². The fourth-order valence-electron chi connectivity index (χ4n) is 3.19. The predicted octanol–water partition coefficient (Wildman–Crippen LogP) is 2.35. The first kappa shape index (κ1) is 21.6. The molecule has 2 aromatic rings. The molecule has 0 spiro atoms. The van der Waals surface area contributed by atoms with E-state index in [4.69, 9.17) is 15.6 Å². The van der Waals surface area contributed by atoms with Gasteiger partial charge in [-0.05, 0) is 30.0 Å². The third-order valence-electron chi connectivity index (χ3n) is 4.97. The molecule has 1 saturated carbocycles. The molecule has 0 unspecified atom stereocenters. The zero-order valence-electron chi connectivity index (χ0n) is 17.4. The lowest BCUT2D eigenvalue weighted by Crippen LogP contribution is -2.39. The summed E-state index contributed by atoms with van der Waals surface area (Å²) in [7, 11) is 0. The van der Waals surface area contributed by atoms with E-state index in [2.05, 4.69) is 15.5 Å². The van der Waals surface area contributed by atoms with Crippen molar-refractivity contribution in [3.05, 3.63) is 30.6 Å². The fourth-order valence-corrected chi connectivity index (χ4v) is 3.19. The molecule has 1 heterocycles. The van der Waals surface area contributed by atoms with Crippen LogP contribution in [0, 0.1) is 5.92 Å². The lowest BCUT2D eigenvalue weighted by molar-refractivity contribution is -0.126. The molecule has 9 nitrogen and oxygen atoms in total. The summed E-state index contributed by atoms with van der Waals surface area (Å²) in [5.74, 6) is 0.140. The Balaban J connectivity index is 1.86. The molecule has 3 amide bonds. The van der Waals surface area contributed by atoms with E-state index in [1.165, 1.54) is 0 Å². The van der Waals surface area contributed by atoms with Crippen molar-refractivity contribution >= 4 is 17.6 Å². The van der Waals surface area contributed by atoms with E-state index >= 15 is 0 Å². The Labute approximate surface area is 175 Å². The number of H-pyrrole nitrogens is 1. The molecule has 1 aromatic heterocycles. The van der Waals surface area contributed by atoms with E-state index in [1.807, 2.05) is 19.9 Å². The highest BCUT2D eigenvalue weighted by molar-refractivity contribution is 5.92. The summed E-state index contributed by atoms with van der Waals surface area (Å²) < 4.78 is 6.01. The predicted molar refractivity (Wildman–Crippen MR) is 113 cm³/mol.